The van der Waals surface area contributed by atoms with Crippen LogP contribution in [0.1, 0.15) is 13.8 Å². The summed E-state index contributed by atoms with van der Waals surface area (Å²) in [5.74, 6) is 1.45. The maximum absolute atomic E-state index is 9.45. The second-order valence-electron chi connectivity index (χ2n) is 3.78. The van der Waals surface area contributed by atoms with E-state index >= 15 is 0 Å². The van der Waals surface area contributed by atoms with Gasteiger partial charge < -0.3 is 14.6 Å². The summed E-state index contributed by atoms with van der Waals surface area (Å²) in [4.78, 5) is 0. The Balaban J connectivity index is 2.59. The molecule has 3 nitrogen and oxygen atoms in total. The lowest BCUT2D eigenvalue weighted by Gasteiger charge is -2.17. The fraction of sp³-hybridized carbons (Fsp3) is 0.455. The van der Waals surface area contributed by atoms with Crippen LogP contribution >= 0.6 is 0 Å². The Morgan fingerprint density at radius 3 is 2.50 bits per heavy atom. The highest BCUT2D eigenvalue weighted by atomic mass is 16.5. The molecule has 0 fully saturated rings. The summed E-state index contributed by atoms with van der Waals surface area (Å²) in [6.45, 7) is 3.67. The third-order valence-electron chi connectivity index (χ3n) is 1.63. The summed E-state index contributed by atoms with van der Waals surface area (Å²) in [6, 6.07) is 7.30. The predicted molar refractivity (Wildman–Crippen MR) is 54.8 cm³/mol. The molecule has 14 heavy (non-hydrogen) atoms. The van der Waals surface area contributed by atoms with Gasteiger partial charge >= 0.3 is 0 Å². The van der Waals surface area contributed by atoms with Gasteiger partial charge in [-0.3, -0.25) is 0 Å². The molecule has 0 saturated carbocycles. The number of hydrogen-bond acceptors (Lipinski definition) is 3. The lowest BCUT2D eigenvalue weighted by Crippen LogP contribution is -2.27. The maximum atomic E-state index is 9.45. The van der Waals surface area contributed by atoms with E-state index in [1.807, 2.05) is 18.2 Å². The topological polar surface area (TPSA) is 38.7 Å². The minimum absolute atomic E-state index is 0.264. The van der Waals surface area contributed by atoms with Gasteiger partial charge in [0.05, 0.1) is 12.7 Å². The minimum Gasteiger partial charge on any atom is -0.497 e. The molecule has 1 aromatic rings. The van der Waals surface area contributed by atoms with E-state index in [0.717, 1.165) is 5.75 Å². The lowest BCUT2D eigenvalue weighted by molar-refractivity contribution is 0.0284. The number of ether oxygens (including phenoxy) is 2. The van der Waals surface area contributed by atoms with E-state index in [1.165, 1.54) is 0 Å². The van der Waals surface area contributed by atoms with Gasteiger partial charge in [-0.05, 0) is 26.0 Å². The van der Waals surface area contributed by atoms with Crippen molar-refractivity contribution in [3.63, 3.8) is 0 Å². The van der Waals surface area contributed by atoms with Crippen LogP contribution in [0, 0.1) is 0 Å². The van der Waals surface area contributed by atoms with E-state index in [-0.39, 0.29) is 6.61 Å². The Labute approximate surface area is 84.3 Å². The molecular formula is C11H16O3. The monoisotopic (exact) mass is 196 g/mol. The highest BCUT2D eigenvalue weighted by molar-refractivity contribution is 5.32. The van der Waals surface area contributed by atoms with Gasteiger partial charge in [0.25, 0.3) is 0 Å². The average Bonchev–Trinajstić information content (AvgIpc) is 2.14. The Morgan fingerprint density at radius 1 is 1.29 bits per heavy atom. The van der Waals surface area contributed by atoms with Crippen molar-refractivity contribution in [1.29, 1.82) is 0 Å². The molecule has 0 radical (unpaired) electrons. The third-order valence-corrected chi connectivity index (χ3v) is 1.63. The molecule has 0 aromatic heterocycles. The molecular weight excluding hydrogens is 180 g/mol. The van der Waals surface area contributed by atoms with E-state index in [9.17, 15) is 5.11 Å². The van der Waals surface area contributed by atoms with Crippen molar-refractivity contribution >= 4 is 0 Å². The highest BCUT2D eigenvalue weighted by Crippen LogP contribution is 2.19. The van der Waals surface area contributed by atoms with Crippen molar-refractivity contribution in [1.82, 2.24) is 0 Å². The lowest BCUT2D eigenvalue weighted by atomic mass is 10.2. The Morgan fingerprint density at radius 2 is 1.93 bits per heavy atom. The second kappa shape index (κ2) is 4.33. The molecule has 0 bridgehead atoms. The van der Waals surface area contributed by atoms with E-state index in [1.54, 1.807) is 27.0 Å². The standard InChI is InChI=1S/C11H16O3/c1-11(2,12)8-14-10-6-4-5-9(7-10)13-3/h4-7,12H,8H2,1-3H3. The predicted octanol–water partition coefficient (Wildman–Crippen LogP) is 1.84. The summed E-state index contributed by atoms with van der Waals surface area (Å²) < 4.78 is 10.4. The molecule has 0 saturated heterocycles. The van der Waals surface area contributed by atoms with Gasteiger partial charge in [0.1, 0.15) is 18.1 Å². The number of aliphatic hydroxyl groups is 1. The summed E-state index contributed by atoms with van der Waals surface area (Å²) in [7, 11) is 1.61. The molecule has 0 aliphatic rings. The fourth-order valence-corrected chi connectivity index (χ4v) is 0.951. The van der Waals surface area contributed by atoms with Crippen LogP contribution in [0.3, 0.4) is 0 Å². The van der Waals surface area contributed by atoms with Crippen molar-refractivity contribution in [2.24, 2.45) is 0 Å². The smallest absolute Gasteiger partial charge is 0.123 e. The number of hydrogen-bond donors (Lipinski definition) is 1. The van der Waals surface area contributed by atoms with E-state index in [0.29, 0.717) is 5.75 Å². The summed E-state index contributed by atoms with van der Waals surface area (Å²) >= 11 is 0. The van der Waals surface area contributed by atoms with Gasteiger partial charge in [0.2, 0.25) is 0 Å². The Kier molecular flexibility index (Phi) is 3.36. The molecule has 3 heteroatoms. The Hall–Kier alpha value is -1.22. The molecule has 1 aromatic carbocycles. The van der Waals surface area contributed by atoms with Gasteiger partial charge in [-0.15, -0.1) is 0 Å². The van der Waals surface area contributed by atoms with Gasteiger partial charge in [0.15, 0.2) is 0 Å². The van der Waals surface area contributed by atoms with Gasteiger partial charge in [-0.1, -0.05) is 6.07 Å². The van der Waals surface area contributed by atoms with Gasteiger partial charge in [-0.25, -0.2) is 0 Å². The molecule has 1 N–H and O–H groups in total. The first-order chi connectivity index (χ1) is 6.51. The largest absolute Gasteiger partial charge is 0.497 e. The second-order valence-corrected chi connectivity index (χ2v) is 3.78. The maximum Gasteiger partial charge on any atom is 0.123 e. The van der Waals surface area contributed by atoms with Crippen molar-refractivity contribution in [3.05, 3.63) is 24.3 Å². The molecule has 0 spiro atoms. The quantitative estimate of drug-likeness (QED) is 0.798. The summed E-state index contributed by atoms with van der Waals surface area (Å²) in [5, 5.41) is 9.45. The molecule has 0 atom stereocenters. The van der Waals surface area contributed by atoms with E-state index in [2.05, 4.69) is 0 Å². The minimum atomic E-state index is -0.816. The first-order valence-electron chi connectivity index (χ1n) is 4.50. The SMILES string of the molecule is COc1cccc(OCC(C)(C)O)c1. The van der Waals surface area contributed by atoms with Gasteiger partial charge in [0, 0.05) is 6.07 Å². The normalized spacial score (nSPS) is 11.1. The number of rotatable bonds is 4. The van der Waals surface area contributed by atoms with Crippen LogP contribution in [0.15, 0.2) is 24.3 Å². The molecule has 0 amide bonds. The average molecular weight is 196 g/mol. The first-order valence-corrected chi connectivity index (χ1v) is 4.50. The van der Waals surface area contributed by atoms with Crippen LogP contribution in [0.4, 0.5) is 0 Å². The first kappa shape index (κ1) is 10.9. The van der Waals surface area contributed by atoms with Crippen molar-refractivity contribution in [2.75, 3.05) is 13.7 Å². The molecule has 0 unspecified atom stereocenters. The molecule has 0 aliphatic carbocycles. The van der Waals surface area contributed by atoms with Crippen LogP contribution in [-0.4, -0.2) is 24.4 Å². The van der Waals surface area contributed by atoms with Crippen LogP contribution in [0.5, 0.6) is 11.5 Å². The van der Waals surface area contributed by atoms with Crippen molar-refractivity contribution in [3.8, 4) is 11.5 Å². The van der Waals surface area contributed by atoms with Crippen molar-refractivity contribution < 1.29 is 14.6 Å². The fourth-order valence-electron chi connectivity index (χ4n) is 0.951. The van der Waals surface area contributed by atoms with Crippen molar-refractivity contribution in [2.45, 2.75) is 19.4 Å². The molecule has 78 valence electrons. The molecule has 0 heterocycles. The zero-order valence-corrected chi connectivity index (χ0v) is 8.78. The van der Waals surface area contributed by atoms with Crippen LogP contribution in [-0.2, 0) is 0 Å². The zero-order chi connectivity index (χ0) is 10.6. The molecule has 1 rings (SSSR count). The molecule has 0 aliphatic heterocycles. The third kappa shape index (κ3) is 3.66. The number of benzene rings is 1. The summed E-state index contributed by atoms with van der Waals surface area (Å²) in [6.07, 6.45) is 0. The van der Waals surface area contributed by atoms with Gasteiger partial charge in [-0.2, -0.15) is 0 Å². The summed E-state index contributed by atoms with van der Waals surface area (Å²) in [5.41, 5.74) is -0.816. The van der Waals surface area contributed by atoms with E-state index < -0.39 is 5.60 Å². The van der Waals surface area contributed by atoms with Crippen LogP contribution in [0.25, 0.3) is 0 Å². The number of methoxy groups -OCH3 is 1. The highest BCUT2D eigenvalue weighted by Gasteiger charge is 2.13. The Bertz CT molecular complexity index is 289. The van der Waals surface area contributed by atoms with Crippen LogP contribution in [0.2, 0.25) is 0 Å². The van der Waals surface area contributed by atoms with E-state index in [4.69, 9.17) is 9.47 Å². The zero-order valence-electron chi connectivity index (χ0n) is 8.78. The van der Waals surface area contributed by atoms with Crippen LogP contribution < -0.4 is 9.47 Å².